The first-order chi connectivity index (χ1) is 13.9. The number of fused-ring (bicyclic) bond motifs is 1. The summed E-state index contributed by atoms with van der Waals surface area (Å²) >= 11 is 12.6. The molecule has 1 heterocycles. The van der Waals surface area contributed by atoms with Gasteiger partial charge in [-0.3, -0.25) is 14.3 Å². The molecule has 9 heteroatoms. The fraction of sp³-hybridized carbons (Fsp3) is 0.286. The number of benzene rings is 2. The van der Waals surface area contributed by atoms with Gasteiger partial charge in [0.15, 0.2) is 0 Å². The van der Waals surface area contributed by atoms with Gasteiger partial charge in [0.1, 0.15) is 5.82 Å². The lowest BCUT2D eigenvalue weighted by atomic mass is 10.0. The zero-order chi connectivity index (χ0) is 22.4. The number of anilines is 1. The minimum absolute atomic E-state index is 0.153. The molecule has 3 aromatic rings. The van der Waals surface area contributed by atoms with Gasteiger partial charge in [-0.2, -0.15) is 0 Å². The molecule has 7 nitrogen and oxygen atoms in total. The number of hydrogen-bond acceptors (Lipinski definition) is 4. The van der Waals surface area contributed by atoms with Crippen LogP contribution in [0.3, 0.4) is 0 Å². The number of aromatic nitrogens is 2. The number of nitrogens with two attached hydrogens (primary N) is 1. The number of nitrogen functional groups attached to an aromatic ring is 1. The van der Waals surface area contributed by atoms with Crippen molar-refractivity contribution < 1.29 is 9.90 Å². The number of halogens is 2. The lowest BCUT2D eigenvalue weighted by molar-refractivity contribution is 0.0719. The third-order valence-electron chi connectivity index (χ3n) is 4.77. The van der Waals surface area contributed by atoms with E-state index in [0.717, 1.165) is 0 Å². The summed E-state index contributed by atoms with van der Waals surface area (Å²) in [5.74, 6) is 0.208. The van der Waals surface area contributed by atoms with E-state index in [9.17, 15) is 14.7 Å². The van der Waals surface area contributed by atoms with Gasteiger partial charge in [-0.05, 0) is 58.0 Å². The Kier molecular flexibility index (Phi) is 5.71. The van der Waals surface area contributed by atoms with E-state index in [0.29, 0.717) is 11.4 Å². The molecular weight excluding hydrogens is 427 g/mol. The molecule has 158 valence electrons. The smallest absolute Gasteiger partial charge is 0.408 e. The molecule has 1 atom stereocenters. The first kappa shape index (κ1) is 21.9. The zero-order valence-corrected chi connectivity index (χ0v) is 18.5. The van der Waals surface area contributed by atoms with Crippen molar-refractivity contribution in [3.63, 3.8) is 0 Å². The number of rotatable bonds is 3. The molecule has 3 N–H and O–H groups in total. The average Bonchev–Trinajstić information content (AvgIpc) is 2.62. The molecular formula is C21H22Cl2N4O3. The summed E-state index contributed by atoms with van der Waals surface area (Å²) in [6.07, 6.45) is -1.14. The third kappa shape index (κ3) is 3.82. The number of hydrogen-bond donors (Lipinski definition) is 2. The van der Waals surface area contributed by atoms with Gasteiger partial charge in [-0.25, -0.2) is 9.78 Å². The highest BCUT2D eigenvalue weighted by Gasteiger charge is 2.34. The van der Waals surface area contributed by atoms with Gasteiger partial charge in [0.2, 0.25) is 0 Å². The van der Waals surface area contributed by atoms with Crippen molar-refractivity contribution in [1.29, 1.82) is 0 Å². The van der Waals surface area contributed by atoms with Crippen LogP contribution in [0.2, 0.25) is 10.0 Å². The molecule has 0 saturated heterocycles. The van der Waals surface area contributed by atoms with Crippen molar-refractivity contribution >= 4 is 45.9 Å². The highest BCUT2D eigenvalue weighted by atomic mass is 35.5. The second-order valence-corrected chi connectivity index (χ2v) is 8.77. The number of amides is 1. The second kappa shape index (κ2) is 7.81. The fourth-order valence-corrected chi connectivity index (χ4v) is 4.01. The van der Waals surface area contributed by atoms with E-state index in [1.165, 1.54) is 15.5 Å². The molecule has 3 rings (SSSR count). The molecule has 0 spiro atoms. The van der Waals surface area contributed by atoms with E-state index in [4.69, 9.17) is 28.9 Å². The first-order valence-electron chi connectivity index (χ1n) is 9.22. The van der Waals surface area contributed by atoms with E-state index >= 15 is 0 Å². The Labute approximate surface area is 183 Å². The Morgan fingerprint density at radius 3 is 2.40 bits per heavy atom. The van der Waals surface area contributed by atoms with E-state index in [-0.39, 0.29) is 26.8 Å². The van der Waals surface area contributed by atoms with Crippen LogP contribution in [0, 0.1) is 0 Å². The van der Waals surface area contributed by atoms with Crippen LogP contribution in [0.15, 0.2) is 41.2 Å². The fourth-order valence-electron chi connectivity index (χ4n) is 3.58. The van der Waals surface area contributed by atoms with Gasteiger partial charge in [0.05, 0.1) is 32.7 Å². The molecule has 30 heavy (non-hydrogen) atoms. The molecule has 1 amide bonds. The number of nitrogens with zero attached hydrogens (tertiary/aromatic N) is 3. The van der Waals surface area contributed by atoms with Crippen molar-refractivity contribution in [2.24, 2.45) is 0 Å². The largest absolute Gasteiger partial charge is 0.465 e. The monoisotopic (exact) mass is 448 g/mol. The minimum Gasteiger partial charge on any atom is -0.465 e. The van der Waals surface area contributed by atoms with Crippen LogP contribution in [-0.2, 0) is 0 Å². The van der Waals surface area contributed by atoms with E-state index < -0.39 is 23.2 Å². The van der Waals surface area contributed by atoms with E-state index in [2.05, 4.69) is 4.98 Å². The van der Waals surface area contributed by atoms with Gasteiger partial charge in [-0.15, -0.1) is 0 Å². The SMILES string of the molecule is CC(c1nc2c(Cl)ccc(Cl)c2c(=O)n1-c1cccc(N)c1)N(C(=O)O)C(C)(C)C. The third-order valence-corrected chi connectivity index (χ3v) is 5.39. The van der Waals surface area contributed by atoms with E-state index in [1.54, 1.807) is 58.0 Å². The molecule has 0 fully saturated rings. The zero-order valence-electron chi connectivity index (χ0n) is 17.0. The molecule has 2 aromatic carbocycles. The average molecular weight is 449 g/mol. The van der Waals surface area contributed by atoms with Crippen molar-refractivity contribution in [2.75, 3.05) is 5.73 Å². The molecule has 1 unspecified atom stereocenters. The van der Waals surface area contributed by atoms with Gasteiger partial charge in [0, 0.05) is 11.2 Å². The summed E-state index contributed by atoms with van der Waals surface area (Å²) in [7, 11) is 0. The maximum atomic E-state index is 13.6. The summed E-state index contributed by atoms with van der Waals surface area (Å²) < 4.78 is 1.34. The van der Waals surface area contributed by atoms with E-state index in [1.807, 2.05) is 0 Å². The quantitative estimate of drug-likeness (QED) is 0.541. The van der Waals surface area contributed by atoms with Gasteiger partial charge in [0.25, 0.3) is 5.56 Å². The van der Waals surface area contributed by atoms with Gasteiger partial charge >= 0.3 is 6.09 Å². The Balaban J connectivity index is 2.45. The lowest BCUT2D eigenvalue weighted by Crippen LogP contribution is -2.47. The van der Waals surface area contributed by atoms with Crippen molar-refractivity contribution in [1.82, 2.24) is 14.5 Å². The molecule has 0 bridgehead atoms. The van der Waals surface area contributed by atoms with Crippen molar-refractivity contribution in [2.45, 2.75) is 39.3 Å². The normalized spacial score (nSPS) is 12.7. The Morgan fingerprint density at radius 1 is 1.20 bits per heavy atom. The Morgan fingerprint density at radius 2 is 1.83 bits per heavy atom. The number of carboxylic acid groups (broad SMARTS) is 1. The number of carbonyl (C=O) groups is 1. The summed E-state index contributed by atoms with van der Waals surface area (Å²) in [6, 6.07) is 9.00. The summed E-state index contributed by atoms with van der Waals surface area (Å²) in [4.78, 5) is 31.5. The van der Waals surface area contributed by atoms with Crippen molar-refractivity contribution in [3.05, 3.63) is 62.6 Å². The predicted octanol–water partition coefficient (Wildman–Crippen LogP) is 5.11. The van der Waals surface area contributed by atoms with Crippen LogP contribution in [0.4, 0.5) is 10.5 Å². The molecule has 0 aliphatic carbocycles. The molecule has 0 aliphatic heterocycles. The predicted molar refractivity (Wildman–Crippen MR) is 120 cm³/mol. The lowest BCUT2D eigenvalue weighted by Gasteiger charge is -2.38. The molecule has 1 aromatic heterocycles. The Bertz CT molecular complexity index is 1200. The van der Waals surface area contributed by atoms with Crippen LogP contribution < -0.4 is 11.3 Å². The summed E-state index contributed by atoms with van der Waals surface area (Å²) in [5.41, 5.74) is 5.83. The van der Waals surface area contributed by atoms with Crippen LogP contribution in [0.25, 0.3) is 16.6 Å². The van der Waals surface area contributed by atoms with Crippen LogP contribution >= 0.6 is 23.2 Å². The van der Waals surface area contributed by atoms with Gasteiger partial charge in [-0.1, -0.05) is 29.3 Å². The molecule has 0 aliphatic rings. The van der Waals surface area contributed by atoms with Crippen LogP contribution in [-0.4, -0.2) is 31.2 Å². The Hall–Kier alpha value is -2.77. The standard InChI is InChI=1S/C21H22Cl2N4O3/c1-11(27(20(29)30)21(2,3)4)18-25-17-15(23)9-8-14(22)16(17)19(28)26(18)13-7-5-6-12(24)10-13/h5-11H,24H2,1-4H3,(H,29,30). The van der Waals surface area contributed by atoms with Crippen LogP contribution in [0.5, 0.6) is 0 Å². The summed E-state index contributed by atoms with van der Waals surface area (Å²) in [5, 5.41) is 10.5. The highest BCUT2D eigenvalue weighted by Crippen LogP contribution is 2.32. The van der Waals surface area contributed by atoms with Crippen molar-refractivity contribution in [3.8, 4) is 5.69 Å². The van der Waals surface area contributed by atoms with Crippen LogP contribution in [0.1, 0.15) is 39.6 Å². The summed E-state index contributed by atoms with van der Waals surface area (Å²) in [6.45, 7) is 6.98. The molecule has 0 radical (unpaired) electrons. The second-order valence-electron chi connectivity index (χ2n) is 7.96. The van der Waals surface area contributed by atoms with Gasteiger partial charge < -0.3 is 10.8 Å². The topological polar surface area (TPSA) is 101 Å². The highest BCUT2D eigenvalue weighted by molar-refractivity contribution is 6.39. The maximum Gasteiger partial charge on any atom is 0.408 e. The minimum atomic E-state index is -1.14. The first-order valence-corrected chi connectivity index (χ1v) is 9.98. The maximum absolute atomic E-state index is 13.6. The molecule has 0 saturated carbocycles.